The summed E-state index contributed by atoms with van der Waals surface area (Å²) < 4.78 is 24.0. The highest BCUT2D eigenvalue weighted by Crippen LogP contribution is 2.25. The van der Waals surface area contributed by atoms with Gasteiger partial charge in [-0.3, -0.25) is 0 Å². The minimum atomic E-state index is -0.683. The van der Waals surface area contributed by atoms with Crippen LogP contribution in [0.3, 0.4) is 0 Å². The molecule has 108 valence electrons. The van der Waals surface area contributed by atoms with Crippen molar-refractivity contribution in [1.82, 2.24) is 0 Å². The summed E-state index contributed by atoms with van der Waals surface area (Å²) in [6.07, 6.45) is 0.330. The Labute approximate surface area is 114 Å². The van der Waals surface area contributed by atoms with Crippen molar-refractivity contribution in [3.8, 4) is 5.75 Å². The van der Waals surface area contributed by atoms with Gasteiger partial charge in [-0.1, -0.05) is 13.8 Å². The van der Waals surface area contributed by atoms with E-state index in [4.69, 9.17) is 9.47 Å². The highest BCUT2D eigenvalue weighted by atomic mass is 19.1. The van der Waals surface area contributed by atoms with Gasteiger partial charge >= 0.3 is 0 Å². The largest absolute Gasteiger partial charge is 0.491 e. The quantitative estimate of drug-likeness (QED) is 0.736. The van der Waals surface area contributed by atoms with E-state index in [1.54, 1.807) is 6.92 Å². The lowest BCUT2D eigenvalue weighted by atomic mass is 10.1. The zero-order valence-corrected chi connectivity index (χ0v) is 11.9. The highest BCUT2D eigenvalue weighted by molar-refractivity contribution is 5.35. The zero-order valence-electron chi connectivity index (χ0n) is 11.9. The first-order valence-electron chi connectivity index (χ1n) is 6.68. The maximum atomic E-state index is 13.1. The van der Waals surface area contributed by atoms with Crippen LogP contribution in [0.4, 0.5) is 4.39 Å². The summed E-state index contributed by atoms with van der Waals surface area (Å²) in [5.74, 6) is 0.619. The standard InChI is InChI=1S/C15H23FO3/c1-11(2)6-7-18-8-9-19-15-10-13(16)4-5-14(15)12(3)17/h4-5,10-12,17H,6-9H2,1-3H3. The predicted octanol–water partition coefficient (Wildman–Crippen LogP) is 3.32. The van der Waals surface area contributed by atoms with Crippen molar-refractivity contribution in [2.24, 2.45) is 5.92 Å². The van der Waals surface area contributed by atoms with Gasteiger partial charge in [-0.05, 0) is 31.4 Å². The number of benzene rings is 1. The minimum Gasteiger partial charge on any atom is -0.491 e. The van der Waals surface area contributed by atoms with Crippen LogP contribution >= 0.6 is 0 Å². The Hall–Kier alpha value is -1.13. The molecule has 0 aliphatic heterocycles. The average Bonchev–Trinajstić information content (AvgIpc) is 2.33. The van der Waals surface area contributed by atoms with Gasteiger partial charge in [0.1, 0.15) is 18.2 Å². The average molecular weight is 270 g/mol. The summed E-state index contributed by atoms with van der Waals surface area (Å²) in [6.45, 7) is 7.42. The number of aliphatic hydroxyl groups is 1. The van der Waals surface area contributed by atoms with E-state index in [9.17, 15) is 9.50 Å². The summed E-state index contributed by atoms with van der Waals surface area (Å²) in [7, 11) is 0. The summed E-state index contributed by atoms with van der Waals surface area (Å²) in [6, 6.07) is 4.14. The smallest absolute Gasteiger partial charge is 0.128 e. The Morgan fingerprint density at radius 1 is 1.16 bits per heavy atom. The van der Waals surface area contributed by atoms with Gasteiger partial charge in [0.2, 0.25) is 0 Å². The fourth-order valence-corrected chi connectivity index (χ4v) is 1.61. The van der Waals surface area contributed by atoms with Gasteiger partial charge < -0.3 is 14.6 Å². The molecule has 0 fully saturated rings. The molecule has 0 heterocycles. The SMILES string of the molecule is CC(C)CCOCCOc1cc(F)ccc1C(C)O. The van der Waals surface area contributed by atoms with Gasteiger partial charge in [0.05, 0.1) is 12.7 Å². The maximum absolute atomic E-state index is 13.1. The molecular weight excluding hydrogens is 247 g/mol. The van der Waals surface area contributed by atoms with Gasteiger partial charge in [-0.2, -0.15) is 0 Å². The van der Waals surface area contributed by atoms with Crippen molar-refractivity contribution in [3.63, 3.8) is 0 Å². The monoisotopic (exact) mass is 270 g/mol. The van der Waals surface area contributed by atoms with E-state index in [-0.39, 0.29) is 5.82 Å². The Kier molecular flexibility index (Phi) is 6.81. The van der Waals surface area contributed by atoms with Crippen LogP contribution in [0.15, 0.2) is 18.2 Å². The predicted molar refractivity (Wildman–Crippen MR) is 72.8 cm³/mol. The van der Waals surface area contributed by atoms with Gasteiger partial charge in [-0.15, -0.1) is 0 Å². The molecule has 0 aromatic heterocycles. The Balaban J connectivity index is 2.38. The third kappa shape index (κ3) is 6.03. The second-order valence-corrected chi connectivity index (χ2v) is 5.00. The lowest BCUT2D eigenvalue weighted by molar-refractivity contribution is 0.0908. The zero-order chi connectivity index (χ0) is 14.3. The molecule has 1 aromatic carbocycles. The Morgan fingerprint density at radius 2 is 1.89 bits per heavy atom. The molecule has 1 rings (SSSR count). The fourth-order valence-electron chi connectivity index (χ4n) is 1.61. The molecule has 0 saturated heterocycles. The van der Waals surface area contributed by atoms with Crippen LogP contribution in [0.25, 0.3) is 0 Å². The molecule has 1 atom stereocenters. The molecule has 0 aliphatic rings. The van der Waals surface area contributed by atoms with Gasteiger partial charge in [0.15, 0.2) is 0 Å². The Bertz CT molecular complexity index is 378. The van der Waals surface area contributed by atoms with E-state index < -0.39 is 6.10 Å². The van der Waals surface area contributed by atoms with Gasteiger partial charge in [0, 0.05) is 18.2 Å². The third-order valence-corrected chi connectivity index (χ3v) is 2.75. The van der Waals surface area contributed by atoms with Crippen LogP contribution in [0, 0.1) is 11.7 Å². The lowest BCUT2D eigenvalue weighted by Crippen LogP contribution is -2.10. The molecule has 0 saturated carbocycles. The van der Waals surface area contributed by atoms with Crippen molar-refractivity contribution < 1.29 is 19.0 Å². The van der Waals surface area contributed by atoms with Crippen LogP contribution in [0.2, 0.25) is 0 Å². The molecule has 1 N–H and O–H groups in total. The second kappa shape index (κ2) is 8.12. The molecule has 1 aromatic rings. The number of hydrogen-bond acceptors (Lipinski definition) is 3. The van der Waals surface area contributed by atoms with Crippen molar-refractivity contribution in [2.45, 2.75) is 33.3 Å². The van der Waals surface area contributed by atoms with E-state index in [1.807, 2.05) is 0 Å². The van der Waals surface area contributed by atoms with E-state index in [0.29, 0.717) is 37.1 Å². The van der Waals surface area contributed by atoms with E-state index >= 15 is 0 Å². The Morgan fingerprint density at radius 3 is 2.53 bits per heavy atom. The molecule has 0 amide bonds. The summed E-state index contributed by atoms with van der Waals surface area (Å²) >= 11 is 0. The summed E-state index contributed by atoms with van der Waals surface area (Å²) in [5, 5.41) is 9.56. The van der Waals surface area contributed by atoms with Crippen LogP contribution in [-0.2, 0) is 4.74 Å². The number of aliphatic hydroxyl groups excluding tert-OH is 1. The first-order valence-corrected chi connectivity index (χ1v) is 6.68. The van der Waals surface area contributed by atoms with Crippen LogP contribution in [-0.4, -0.2) is 24.9 Å². The van der Waals surface area contributed by atoms with Gasteiger partial charge in [0.25, 0.3) is 0 Å². The molecule has 4 heteroatoms. The fraction of sp³-hybridized carbons (Fsp3) is 0.600. The highest BCUT2D eigenvalue weighted by Gasteiger charge is 2.10. The third-order valence-electron chi connectivity index (χ3n) is 2.75. The molecule has 0 spiro atoms. The number of halogens is 1. The molecule has 0 bridgehead atoms. The maximum Gasteiger partial charge on any atom is 0.128 e. The molecule has 1 unspecified atom stereocenters. The first kappa shape index (κ1) is 15.9. The summed E-state index contributed by atoms with van der Waals surface area (Å²) in [5.41, 5.74) is 0.587. The summed E-state index contributed by atoms with van der Waals surface area (Å²) in [4.78, 5) is 0. The first-order chi connectivity index (χ1) is 9.00. The van der Waals surface area contributed by atoms with E-state index in [2.05, 4.69) is 13.8 Å². The molecule has 0 radical (unpaired) electrons. The second-order valence-electron chi connectivity index (χ2n) is 5.00. The van der Waals surface area contributed by atoms with E-state index in [0.717, 1.165) is 6.42 Å². The number of hydrogen-bond donors (Lipinski definition) is 1. The lowest BCUT2D eigenvalue weighted by Gasteiger charge is -2.14. The van der Waals surface area contributed by atoms with Crippen molar-refractivity contribution in [3.05, 3.63) is 29.6 Å². The normalized spacial score (nSPS) is 12.7. The minimum absolute atomic E-state index is 0.348. The van der Waals surface area contributed by atoms with Crippen molar-refractivity contribution in [2.75, 3.05) is 19.8 Å². The van der Waals surface area contributed by atoms with Crippen molar-refractivity contribution >= 4 is 0 Å². The topological polar surface area (TPSA) is 38.7 Å². The van der Waals surface area contributed by atoms with E-state index in [1.165, 1.54) is 18.2 Å². The molecule has 3 nitrogen and oxygen atoms in total. The number of ether oxygens (including phenoxy) is 2. The van der Waals surface area contributed by atoms with Crippen LogP contribution < -0.4 is 4.74 Å². The molecule has 19 heavy (non-hydrogen) atoms. The van der Waals surface area contributed by atoms with Crippen molar-refractivity contribution in [1.29, 1.82) is 0 Å². The molecule has 0 aliphatic carbocycles. The van der Waals surface area contributed by atoms with Crippen LogP contribution in [0.5, 0.6) is 5.75 Å². The molecular formula is C15H23FO3. The van der Waals surface area contributed by atoms with Crippen LogP contribution in [0.1, 0.15) is 38.9 Å². The van der Waals surface area contributed by atoms with Gasteiger partial charge in [-0.25, -0.2) is 4.39 Å². The number of rotatable bonds is 8.